The zero-order valence-corrected chi connectivity index (χ0v) is 7.56. The van der Waals surface area contributed by atoms with Crippen LogP contribution in [0.1, 0.15) is 6.92 Å². The number of hydrogen-bond acceptors (Lipinski definition) is 3. The summed E-state index contributed by atoms with van der Waals surface area (Å²) in [5.74, 6) is 2.02. The van der Waals surface area contributed by atoms with Crippen LogP contribution >= 0.6 is 11.8 Å². The normalized spacial score (nSPS) is 26.8. The minimum absolute atomic E-state index is 0.219. The summed E-state index contributed by atoms with van der Waals surface area (Å²) in [5.41, 5.74) is 5.10. The molecule has 0 bridgehead atoms. The van der Waals surface area contributed by atoms with E-state index in [1.54, 1.807) is 0 Å². The summed E-state index contributed by atoms with van der Waals surface area (Å²) in [5, 5.41) is 0. The van der Waals surface area contributed by atoms with E-state index in [0.717, 1.165) is 18.1 Å². The van der Waals surface area contributed by atoms with Crippen molar-refractivity contribution in [1.29, 1.82) is 0 Å². The molecule has 1 atom stereocenters. The lowest BCUT2D eigenvalue weighted by atomic mass is 10.3. The molecular weight excluding hydrogens is 160 g/mol. The fraction of sp³-hybridized carbons (Fsp3) is 0.857. The molecule has 0 radical (unpaired) electrons. The highest BCUT2D eigenvalue weighted by atomic mass is 32.2. The van der Waals surface area contributed by atoms with E-state index in [1.807, 2.05) is 11.8 Å². The molecule has 4 heteroatoms. The number of rotatable bonds is 2. The van der Waals surface area contributed by atoms with Crippen molar-refractivity contribution in [1.82, 2.24) is 4.90 Å². The lowest BCUT2D eigenvalue weighted by molar-refractivity contribution is -0.119. The average molecular weight is 174 g/mol. The molecule has 1 aliphatic heterocycles. The standard InChI is InChI=1S/C7H14N2OS/c1-6-5-11-3-2-9(6)4-7(8)10/h6H,2-5H2,1H3,(H2,8,10). The average Bonchev–Trinajstić information content (AvgIpc) is 1.93. The Bertz CT molecular complexity index is 151. The van der Waals surface area contributed by atoms with E-state index in [2.05, 4.69) is 11.8 Å². The number of nitrogens with two attached hydrogens (primary N) is 1. The first-order valence-electron chi connectivity index (χ1n) is 3.80. The van der Waals surface area contributed by atoms with E-state index in [-0.39, 0.29) is 5.91 Å². The summed E-state index contributed by atoms with van der Waals surface area (Å²) in [6.07, 6.45) is 0. The van der Waals surface area contributed by atoms with Crippen molar-refractivity contribution in [2.24, 2.45) is 5.73 Å². The predicted molar refractivity (Wildman–Crippen MR) is 47.6 cm³/mol. The minimum Gasteiger partial charge on any atom is -0.369 e. The van der Waals surface area contributed by atoms with E-state index in [9.17, 15) is 4.79 Å². The fourth-order valence-electron chi connectivity index (χ4n) is 1.20. The number of carbonyl (C=O) groups is 1. The van der Waals surface area contributed by atoms with Crippen molar-refractivity contribution in [2.45, 2.75) is 13.0 Å². The molecule has 1 saturated heterocycles. The van der Waals surface area contributed by atoms with Gasteiger partial charge in [-0.2, -0.15) is 11.8 Å². The van der Waals surface area contributed by atoms with Gasteiger partial charge in [-0.15, -0.1) is 0 Å². The quantitative estimate of drug-likeness (QED) is 0.636. The van der Waals surface area contributed by atoms with Gasteiger partial charge in [-0.1, -0.05) is 0 Å². The summed E-state index contributed by atoms with van der Waals surface area (Å²) >= 11 is 1.94. The highest BCUT2D eigenvalue weighted by Gasteiger charge is 2.19. The molecule has 0 saturated carbocycles. The van der Waals surface area contributed by atoms with Crippen molar-refractivity contribution in [3.63, 3.8) is 0 Å². The van der Waals surface area contributed by atoms with Gasteiger partial charge in [-0.3, -0.25) is 9.69 Å². The largest absolute Gasteiger partial charge is 0.369 e. The van der Waals surface area contributed by atoms with Crippen LogP contribution in [0.5, 0.6) is 0 Å². The minimum atomic E-state index is -0.219. The molecular formula is C7H14N2OS. The first-order chi connectivity index (χ1) is 5.20. The van der Waals surface area contributed by atoms with Crippen LogP contribution < -0.4 is 5.73 Å². The van der Waals surface area contributed by atoms with Crippen LogP contribution in [0.4, 0.5) is 0 Å². The Labute approximate surface area is 71.3 Å². The van der Waals surface area contributed by atoms with Crippen molar-refractivity contribution in [2.75, 3.05) is 24.6 Å². The number of nitrogens with zero attached hydrogens (tertiary/aromatic N) is 1. The smallest absolute Gasteiger partial charge is 0.231 e. The van der Waals surface area contributed by atoms with E-state index in [1.165, 1.54) is 0 Å². The van der Waals surface area contributed by atoms with Gasteiger partial charge in [0.15, 0.2) is 0 Å². The predicted octanol–water partition coefficient (Wildman–Crippen LogP) is -0.0910. The van der Waals surface area contributed by atoms with Crippen molar-refractivity contribution >= 4 is 17.7 Å². The topological polar surface area (TPSA) is 46.3 Å². The number of hydrogen-bond donors (Lipinski definition) is 1. The molecule has 11 heavy (non-hydrogen) atoms. The lowest BCUT2D eigenvalue weighted by Gasteiger charge is -2.31. The van der Waals surface area contributed by atoms with Crippen LogP contribution in [0, 0.1) is 0 Å². The Morgan fingerprint density at radius 2 is 2.55 bits per heavy atom. The van der Waals surface area contributed by atoms with Gasteiger partial charge in [0.1, 0.15) is 0 Å². The molecule has 64 valence electrons. The van der Waals surface area contributed by atoms with E-state index >= 15 is 0 Å². The van der Waals surface area contributed by atoms with E-state index < -0.39 is 0 Å². The molecule has 1 fully saturated rings. The SMILES string of the molecule is CC1CSCCN1CC(N)=O. The van der Waals surface area contributed by atoms with Gasteiger partial charge in [0.25, 0.3) is 0 Å². The number of thioether (sulfide) groups is 1. The molecule has 0 aromatic carbocycles. The third kappa shape index (κ3) is 2.71. The van der Waals surface area contributed by atoms with Crippen molar-refractivity contribution in [3.8, 4) is 0 Å². The van der Waals surface area contributed by atoms with Gasteiger partial charge in [0.05, 0.1) is 6.54 Å². The summed E-state index contributed by atoms with van der Waals surface area (Å²) < 4.78 is 0. The Morgan fingerprint density at radius 3 is 3.09 bits per heavy atom. The van der Waals surface area contributed by atoms with Gasteiger partial charge in [-0.25, -0.2) is 0 Å². The van der Waals surface area contributed by atoms with Crippen LogP contribution in [0.2, 0.25) is 0 Å². The second-order valence-corrected chi connectivity index (χ2v) is 4.01. The number of primary amides is 1. The fourth-order valence-corrected chi connectivity index (χ4v) is 2.28. The van der Waals surface area contributed by atoms with Gasteiger partial charge in [-0.05, 0) is 6.92 Å². The van der Waals surface area contributed by atoms with Gasteiger partial charge >= 0.3 is 0 Å². The maximum atomic E-state index is 10.6. The molecule has 0 aliphatic carbocycles. The second-order valence-electron chi connectivity index (χ2n) is 2.86. The van der Waals surface area contributed by atoms with Crippen molar-refractivity contribution < 1.29 is 4.79 Å². The molecule has 1 heterocycles. The Morgan fingerprint density at radius 1 is 1.82 bits per heavy atom. The van der Waals surface area contributed by atoms with Crippen LogP contribution in [-0.4, -0.2) is 41.4 Å². The molecule has 3 nitrogen and oxygen atoms in total. The lowest BCUT2D eigenvalue weighted by Crippen LogP contribution is -2.44. The molecule has 0 spiro atoms. The molecule has 1 amide bonds. The summed E-state index contributed by atoms with van der Waals surface area (Å²) in [6, 6.07) is 0.501. The van der Waals surface area contributed by atoms with Gasteiger partial charge in [0.2, 0.25) is 5.91 Å². The Kier molecular flexibility index (Phi) is 3.20. The third-order valence-electron chi connectivity index (χ3n) is 1.86. The molecule has 2 N–H and O–H groups in total. The second kappa shape index (κ2) is 3.97. The van der Waals surface area contributed by atoms with Crippen LogP contribution in [0.25, 0.3) is 0 Å². The summed E-state index contributed by atoms with van der Waals surface area (Å²) in [6.45, 7) is 3.55. The van der Waals surface area contributed by atoms with E-state index in [4.69, 9.17) is 5.73 Å². The van der Waals surface area contributed by atoms with Crippen molar-refractivity contribution in [3.05, 3.63) is 0 Å². The monoisotopic (exact) mass is 174 g/mol. The number of amides is 1. The zero-order valence-electron chi connectivity index (χ0n) is 6.75. The highest BCUT2D eigenvalue weighted by molar-refractivity contribution is 7.99. The van der Waals surface area contributed by atoms with Gasteiger partial charge < -0.3 is 5.73 Å². The maximum absolute atomic E-state index is 10.6. The molecule has 1 rings (SSSR count). The molecule has 1 unspecified atom stereocenters. The van der Waals surface area contributed by atoms with Gasteiger partial charge in [0, 0.05) is 24.1 Å². The maximum Gasteiger partial charge on any atom is 0.231 e. The highest BCUT2D eigenvalue weighted by Crippen LogP contribution is 2.14. The first kappa shape index (κ1) is 8.87. The van der Waals surface area contributed by atoms with Crippen LogP contribution in [-0.2, 0) is 4.79 Å². The number of carbonyl (C=O) groups excluding carboxylic acids is 1. The third-order valence-corrected chi connectivity index (χ3v) is 3.05. The first-order valence-corrected chi connectivity index (χ1v) is 4.95. The molecule has 0 aromatic rings. The van der Waals surface area contributed by atoms with E-state index in [0.29, 0.717) is 12.6 Å². The van der Waals surface area contributed by atoms with Crippen LogP contribution in [0.3, 0.4) is 0 Å². The summed E-state index contributed by atoms with van der Waals surface area (Å²) in [4.78, 5) is 12.7. The molecule has 0 aromatic heterocycles. The van der Waals surface area contributed by atoms with Crippen LogP contribution in [0.15, 0.2) is 0 Å². The zero-order chi connectivity index (χ0) is 8.27. The molecule has 1 aliphatic rings. The Hall–Kier alpha value is -0.220. The Balaban J connectivity index is 2.35. The summed E-state index contributed by atoms with van der Waals surface area (Å²) in [7, 11) is 0.